The lowest BCUT2D eigenvalue weighted by atomic mass is 10.1. The van der Waals surface area contributed by atoms with Gasteiger partial charge in [-0.3, -0.25) is 9.80 Å². The summed E-state index contributed by atoms with van der Waals surface area (Å²) in [5.41, 5.74) is 0.216. The van der Waals surface area contributed by atoms with E-state index in [1.54, 1.807) is 6.07 Å². The molecule has 0 aromatic heterocycles. The van der Waals surface area contributed by atoms with Crippen molar-refractivity contribution in [2.45, 2.75) is 38.0 Å². The van der Waals surface area contributed by atoms with Gasteiger partial charge < -0.3 is 0 Å². The zero-order valence-electron chi connectivity index (χ0n) is 12.1. The summed E-state index contributed by atoms with van der Waals surface area (Å²) in [4.78, 5) is 4.84. The maximum Gasteiger partial charge on any atom is 0.416 e. The van der Waals surface area contributed by atoms with E-state index in [1.807, 2.05) is 0 Å². The van der Waals surface area contributed by atoms with Crippen LogP contribution in [0.4, 0.5) is 13.2 Å². The zero-order chi connectivity index (χ0) is 14.9. The molecule has 0 saturated carbocycles. The predicted molar refractivity (Wildman–Crippen MR) is 75.9 cm³/mol. The molecule has 116 valence electrons. The van der Waals surface area contributed by atoms with Crippen LogP contribution in [0.25, 0.3) is 0 Å². The van der Waals surface area contributed by atoms with Crippen LogP contribution in [0.2, 0.25) is 0 Å². The fraction of sp³-hybridized carbons (Fsp3) is 0.625. The van der Waals surface area contributed by atoms with Gasteiger partial charge in [0.05, 0.1) is 5.56 Å². The standard InChI is InChI=1S/C16H21F3N2/c17-16(18,19)14-5-1-4-13(10-14)11-20-7-3-9-21-8-2-6-15(21)12-20/h1,4-5,10,15H,2-3,6-9,11-12H2/t15-/m1/s1. The molecule has 0 amide bonds. The first-order valence-electron chi connectivity index (χ1n) is 7.65. The number of hydrogen-bond acceptors (Lipinski definition) is 2. The quantitative estimate of drug-likeness (QED) is 0.826. The van der Waals surface area contributed by atoms with E-state index in [0.29, 0.717) is 12.6 Å². The molecule has 1 atom stereocenters. The Morgan fingerprint density at radius 1 is 1.10 bits per heavy atom. The molecule has 2 aliphatic rings. The van der Waals surface area contributed by atoms with Crippen LogP contribution in [0.1, 0.15) is 30.4 Å². The van der Waals surface area contributed by atoms with E-state index in [2.05, 4.69) is 9.80 Å². The molecular formula is C16H21F3N2. The summed E-state index contributed by atoms with van der Waals surface area (Å²) in [7, 11) is 0. The molecule has 0 unspecified atom stereocenters. The first-order chi connectivity index (χ1) is 10.0. The Hall–Kier alpha value is -1.07. The van der Waals surface area contributed by atoms with Crippen molar-refractivity contribution in [1.82, 2.24) is 9.80 Å². The van der Waals surface area contributed by atoms with Crippen molar-refractivity contribution < 1.29 is 13.2 Å². The smallest absolute Gasteiger partial charge is 0.299 e. The number of halogens is 3. The Bertz CT molecular complexity index is 487. The largest absolute Gasteiger partial charge is 0.416 e. The number of alkyl halides is 3. The van der Waals surface area contributed by atoms with E-state index in [-0.39, 0.29) is 0 Å². The van der Waals surface area contributed by atoms with E-state index >= 15 is 0 Å². The zero-order valence-corrected chi connectivity index (χ0v) is 12.1. The first-order valence-corrected chi connectivity index (χ1v) is 7.65. The topological polar surface area (TPSA) is 6.48 Å². The molecule has 0 spiro atoms. The summed E-state index contributed by atoms with van der Waals surface area (Å²) in [5, 5.41) is 0. The van der Waals surface area contributed by atoms with Gasteiger partial charge in [-0.05, 0) is 50.5 Å². The maximum absolute atomic E-state index is 12.8. The van der Waals surface area contributed by atoms with Gasteiger partial charge in [0.1, 0.15) is 0 Å². The second-order valence-corrected chi connectivity index (χ2v) is 6.12. The van der Waals surface area contributed by atoms with Crippen LogP contribution in [0.5, 0.6) is 0 Å². The Balaban J connectivity index is 1.68. The second kappa shape index (κ2) is 5.97. The lowest BCUT2D eigenvalue weighted by Crippen LogP contribution is -2.36. The summed E-state index contributed by atoms with van der Waals surface area (Å²) < 4.78 is 38.3. The van der Waals surface area contributed by atoms with E-state index in [9.17, 15) is 13.2 Å². The molecular weight excluding hydrogens is 277 g/mol. The van der Waals surface area contributed by atoms with Gasteiger partial charge in [0.25, 0.3) is 0 Å². The van der Waals surface area contributed by atoms with Gasteiger partial charge in [-0.15, -0.1) is 0 Å². The Morgan fingerprint density at radius 3 is 2.71 bits per heavy atom. The monoisotopic (exact) mass is 298 g/mol. The molecule has 1 aromatic carbocycles. The third-order valence-electron chi connectivity index (χ3n) is 4.55. The Kier molecular flexibility index (Phi) is 4.22. The van der Waals surface area contributed by atoms with E-state index in [1.165, 1.54) is 31.5 Å². The van der Waals surface area contributed by atoms with Crippen molar-refractivity contribution in [2.24, 2.45) is 0 Å². The van der Waals surface area contributed by atoms with Crippen LogP contribution in [0.3, 0.4) is 0 Å². The summed E-state index contributed by atoms with van der Waals surface area (Å²) >= 11 is 0. The molecule has 2 aliphatic heterocycles. The number of nitrogens with zero attached hydrogens (tertiary/aromatic N) is 2. The second-order valence-electron chi connectivity index (χ2n) is 6.12. The van der Waals surface area contributed by atoms with E-state index in [4.69, 9.17) is 0 Å². The van der Waals surface area contributed by atoms with Crippen LogP contribution in [-0.4, -0.2) is 42.0 Å². The number of rotatable bonds is 2. The SMILES string of the molecule is FC(F)(F)c1cccc(CN2CCCN3CCC[C@@H]3C2)c1. The first kappa shape index (κ1) is 14.9. The summed E-state index contributed by atoms with van der Waals surface area (Å²) in [5.74, 6) is 0. The van der Waals surface area contributed by atoms with E-state index in [0.717, 1.165) is 37.7 Å². The highest BCUT2D eigenvalue weighted by atomic mass is 19.4. The molecule has 5 heteroatoms. The van der Waals surface area contributed by atoms with Gasteiger partial charge in [0.15, 0.2) is 0 Å². The highest BCUT2D eigenvalue weighted by Gasteiger charge is 2.31. The van der Waals surface area contributed by atoms with Gasteiger partial charge in [0.2, 0.25) is 0 Å². The molecule has 2 fully saturated rings. The molecule has 2 nitrogen and oxygen atoms in total. The molecule has 21 heavy (non-hydrogen) atoms. The van der Waals surface area contributed by atoms with Crippen molar-refractivity contribution in [3.8, 4) is 0 Å². The van der Waals surface area contributed by atoms with Crippen LogP contribution in [0.15, 0.2) is 24.3 Å². The maximum atomic E-state index is 12.8. The average molecular weight is 298 g/mol. The number of fused-ring (bicyclic) bond motifs is 1. The Labute approximate surface area is 123 Å². The van der Waals surface area contributed by atoms with Crippen LogP contribution in [-0.2, 0) is 12.7 Å². The summed E-state index contributed by atoms with van der Waals surface area (Å²) in [6.45, 7) is 4.89. The van der Waals surface area contributed by atoms with Gasteiger partial charge in [0, 0.05) is 19.1 Å². The van der Waals surface area contributed by atoms with Crippen molar-refractivity contribution in [1.29, 1.82) is 0 Å². The molecule has 2 saturated heterocycles. The van der Waals surface area contributed by atoms with Gasteiger partial charge >= 0.3 is 6.18 Å². The minimum absolute atomic E-state index is 0.544. The fourth-order valence-electron chi connectivity index (χ4n) is 3.53. The van der Waals surface area contributed by atoms with Crippen LogP contribution >= 0.6 is 0 Å². The molecule has 0 N–H and O–H groups in total. The van der Waals surface area contributed by atoms with E-state index < -0.39 is 11.7 Å². The van der Waals surface area contributed by atoms with Crippen LogP contribution in [0, 0.1) is 0 Å². The summed E-state index contributed by atoms with van der Waals surface area (Å²) in [6.07, 6.45) is -0.673. The van der Waals surface area contributed by atoms with Crippen molar-refractivity contribution in [3.63, 3.8) is 0 Å². The highest BCUT2D eigenvalue weighted by molar-refractivity contribution is 5.25. The minimum atomic E-state index is -4.25. The molecule has 0 radical (unpaired) electrons. The fourth-order valence-corrected chi connectivity index (χ4v) is 3.53. The Morgan fingerprint density at radius 2 is 1.90 bits per heavy atom. The van der Waals surface area contributed by atoms with Gasteiger partial charge in [-0.1, -0.05) is 18.2 Å². The lowest BCUT2D eigenvalue weighted by Gasteiger charge is -2.25. The van der Waals surface area contributed by atoms with Crippen molar-refractivity contribution in [3.05, 3.63) is 35.4 Å². The normalized spacial score (nSPS) is 24.8. The van der Waals surface area contributed by atoms with Crippen LogP contribution < -0.4 is 0 Å². The van der Waals surface area contributed by atoms with Crippen molar-refractivity contribution >= 4 is 0 Å². The van der Waals surface area contributed by atoms with Gasteiger partial charge in [-0.2, -0.15) is 13.2 Å². The van der Waals surface area contributed by atoms with Crippen molar-refractivity contribution in [2.75, 3.05) is 26.2 Å². The lowest BCUT2D eigenvalue weighted by molar-refractivity contribution is -0.137. The molecule has 0 aliphatic carbocycles. The average Bonchev–Trinajstić information content (AvgIpc) is 2.77. The third-order valence-corrected chi connectivity index (χ3v) is 4.55. The molecule has 3 rings (SSSR count). The third kappa shape index (κ3) is 3.58. The number of hydrogen-bond donors (Lipinski definition) is 0. The summed E-state index contributed by atoms with van der Waals surface area (Å²) in [6, 6.07) is 6.34. The van der Waals surface area contributed by atoms with Gasteiger partial charge in [-0.25, -0.2) is 0 Å². The minimum Gasteiger partial charge on any atom is -0.299 e. The molecule has 1 aromatic rings. The number of benzene rings is 1. The predicted octanol–water partition coefficient (Wildman–Crippen LogP) is 3.38. The highest BCUT2D eigenvalue weighted by Crippen LogP contribution is 2.30. The molecule has 2 heterocycles. The molecule has 0 bridgehead atoms.